The second kappa shape index (κ2) is 9.46. The maximum atomic E-state index is 13.1. The highest BCUT2D eigenvalue weighted by Crippen LogP contribution is 2.20. The highest BCUT2D eigenvalue weighted by molar-refractivity contribution is 5.99. The first-order valence-corrected chi connectivity index (χ1v) is 8.56. The van der Waals surface area contributed by atoms with Gasteiger partial charge in [-0.3, -0.25) is 4.79 Å². The first kappa shape index (κ1) is 19.3. The van der Waals surface area contributed by atoms with Crippen LogP contribution in [0.4, 0.5) is 10.5 Å². The number of nitrogens with one attached hydrogen (secondary N) is 2. The maximum Gasteiger partial charge on any atom is 0.315 e. The number of likely N-dealkylation sites (N-methyl/N-ethyl adjacent to an activating group) is 1. The maximum absolute atomic E-state index is 13.1. The van der Waals surface area contributed by atoms with E-state index in [1.54, 1.807) is 12.0 Å². The largest absolute Gasteiger partial charge is 0.497 e. The zero-order valence-corrected chi connectivity index (χ0v) is 15.4. The molecule has 1 atom stereocenters. The van der Waals surface area contributed by atoms with Crippen molar-refractivity contribution in [2.75, 3.05) is 25.6 Å². The van der Waals surface area contributed by atoms with E-state index in [9.17, 15) is 9.59 Å². The van der Waals surface area contributed by atoms with Gasteiger partial charge in [0.1, 0.15) is 11.8 Å². The molecule has 0 saturated heterocycles. The van der Waals surface area contributed by atoms with Gasteiger partial charge in [-0.1, -0.05) is 30.3 Å². The fourth-order valence-electron chi connectivity index (χ4n) is 2.70. The summed E-state index contributed by atoms with van der Waals surface area (Å²) in [7, 11) is 3.13. The van der Waals surface area contributed by atoms with Crippen LogP contribution in [0.3, 0.4) is 0 Å². The molecule has 26 heavy (non-hydrogen) atoms. The molecule has 138 valence electrons. The van der Waals surface area contributed by atoms with Gasteiger partial charge in [-0.15, -0.1) is 0 Å². The van der Waals surface area contributed by atoms with E-state index < -0.39 is 6.04 Å². The van der Waals surface area contributed by atoms with Gasteiger partial charge in [0.15, 0.2) is 0 Å². The first-order chi connectivity index (χ1) is 12.6. The molecule has 2 aromatic carbocycles. The van der Waals surface area contributed by atoms with E-state index in [2.05, 4.69) is 10.6 Å². The molecule has 3 amide bonds. The molecule has 0 unspecified atom stereocenters. The third kappa shape index (κ3) is 4.99. The molecule has 0 aliphatic rings. The Kier molecular flexibility index (Phi) is 7.02. The summed E-state index contributed by atoms with van der Waals surface area (Å²) >= 11 is 0. The van der Waals surface area contributed by atoms with Crippen molar-refractivity contribution >= 4 is 17.6 Å². The predicted octanol–water partition coefficient (Wildman–Crippen LogP) is 2.59. The van der Waals surface area contributed by atoms with Crippen molar-refractivity contribution in [1.82, 2.24) is 10.6 Å². The zero-order valence-electron chi connectivity index (χ0n) is 15.4. The Hall–Kier alpha value is -3.02. The van der Waals surface area contributed by atoms with Gasteiger partial charge in [-0.25, -0.2) is 4.79 Å². The second-order valence-electron chi connectivity index (χ2n) is 5.75. The third-order valence-electron chi connectivity index (χ3n) is 4.08. The number of hydrogen-bond acceptors (Lipinski definition) is 3. The Morgan fingerprint density at radius 3 is 2.27 bits per heavy atom. The molecule has 0 bridgehead atoms. The van der Waals surface area contributed by atoms with Crippen molar-refractivity contribution in [3.05, 3.63) is 60.2 Å². The summed E-state index contributed by atoms with van der Waals surface area (Å²) in [6.45, 7) is 2.40. The molecule has 0 aromatic heterocycles. The molecule has 0 fully saturated rings. The Morgan fingerprint density at radius 2 is 1.73 bits per heavy atom. The van der Waals surface area contributed by atoms with Crippen LogP contribution in [0.25, 0.3) is 0 Å². The summed E-state index contributed by atoms with van der Waals surface area (Å²) in [4.78, 5) is 26.6. The van der Waals surface area contributed by atoms with E-state index in [-0.39, 0.29) is 11.9 Å². The van der Waals surface area contributed by atoms with Crippen molar-refractivity contribution in [3.63, 3.8) is 0 Å². The molecule has 2 rings (SSSR count). The molecule has 6 nitrogen and oxygen atoms in total. The summed E-state index contributed by atoms with van der Waals surface area (Å²) < 4.78 is 5.17. The van der Waals surface area contributed by atoms with Crippen LogP contribution in [0.15, 0.2) is 54.6 Å². The number of methoxy groups -OCH3 is 1. The number of carbonyl (C=O) groups is 2. The van der Waals surface area contributed by atoms with Crippen LogP contribution < -0.4 is 20.3 Å². The average molecular weight is 355 g/mol. The van der Waals surface area contributed by atoms with Crippen molar-refractivity contribution < 1.29 is 14.3 Å². The van der Waals surface area contributed by atoms with Gasteiger partial charge in [-0.2, -0.15) is 0 Å². The molecule has 0 radical (unpaired) electrons. The minimum Gasteiger partial charge on any atom is -0.497 e. The van der Waals surface area contributed by atoms with Gasteiger partial charge in [-0.05, 0) is 36.8 Å². The Balaban J connectivity index is 2.24. The lowest BCUT2D eigenvalue weighted by Gasteiger charge is -2.27. The fraction of sp³-hybridized carbons (Fsp3) is 0.300. The molecular weight excluding hydrogens is 330 g/mol. The number of amides is 3. The van der Waals surface area contributed by atoms with Gasteiger partial charge >= 0.3 is 6.03 Å². The molecule has 2 N–H and O–H groups in total. The summed E-state index contributed by atoms with van der Waals surface area (Å²) in [5.74, 6) is 0.562. The summed E-state index contributed by atoms with van der Waals surface area (Å²) in [6.07, 6.45) is 0.416. The van der Waals surface area contributed by atoms with Crippen LogP contribution in [-0.2, 0) is 11.2 Å². The summed E-state index contributed by atoms with van der Waals surface area (Å²) in [6, 6.07) is 15.9. The molecule has 0 saturated carbocycles. The molecular formula is C20H25N3O3. The van der Waals surface area contributed by atoms with E-state index in [1.807, 2.05) is 61.5 Å². The lowest BCUT2D eigenvalue weighted by molar-refractivity contribution is -0.120. The van der Waals surface area contributed by atoms with Gasteiger partial charge in [0.05, 0.1) is 7.11 Å². The quantitative estimate of drug-likeness (QED) is 0.802. The number of urea groups is 1. The molecule has 0 heterocycles. The number of anilines is 1. The second-order valence-corrected chi connectivity index (χ2v) is 5.75. The number of hydrogen-bond donors (Lipinski definition) is 2. The highest BCUT2D eigenvalue weighted by Gasteiger charge is 2.26. The minimum atomic E-state index is -0.667. The highest BCUT2D eigenvalue weighted by atomic mass is 16.5. The van der Waals surface area contributed by atoms with Crippen molar-refractivity contribution in [2.45, 2.75) is 19.4 Å². The van der Waals surface area contributed by atoms with Gasteiger partial charge in [0.2, 0.25) is 5.91 Å². The monoisotopic (exact) mass is 355 g/mol. The van der Waals surface area contributed by atoms with Crippen molar-refractivity contribution in [2.24, 2.45) is 0 Å². The van der Waals surface area contributed by atoms with Crippen LogP contribution in [0.2, 0.25) is 0 Å². The topological polar surface area (TPSA) is 70.7 Å². The summed E-state index contributed by atoms with van der Waals surface area (Å²) in [5, 5.41) is 5.27. The van der Waals surface area contributed by atoms with Crippen molar-refractivity contribution in [1.29, 1.82) is 0 Å². The van der Waals surface area contributed by atoms with Gasteiger partial charge in [0, 0.05) is 25.7 Å². The lowest BCUT2D eigenvalue weighted by atomic mass is 10.0. The lowest BCUT2D eigenvalue weighted by Crippen LogP contribution is -2.52. The zero-order chi connectivity index (χ0) is 18.9. The van der Waals surface area contributed by atoms with Crippen LogP contribution >= 0.6 is 0 Å². The van der Waals surface area contributed by atoms with Crippen molar-refractivity contribution in [3.8, 4) is 5.75 Å². The normalized spacial score (nSPS) is 11.3. The molecule has 0 aliphatic heterocycles. The Morgan fingerprint density at radius 1 is 1.08 bits per heavy atom. The van der Waals surface area contributed by atoms with Crippen LogP contribution in [0, 0.1) is 0 Å². The van der Waals surface area contributed by atoms with Gasteiger partial charge < -0.3 is 20.3 Å². The molecule has 0 spiro atoms. The molecule has 2 aromatic rings. The minimum absolute atomic E-state index is 0.162. The van der Waals surface area contributed by atoms with E-state index >= 15 is 0 Å². The molecule has 0 aliphatic carbocycles. The number of nitrogens with zero attached hydrogens (tertiary/aromatic N) is 1. The summed E-state index contributed by atoms with van der Waals surface area (Å²) in [5.41, 5.74) is 1.74. The van der Waals surface area contributed by atoms with Crippen LogP contribution in [0.5, 0.6) is 5.75 Å². The third-order valence-corrected chi connectivity index (χ3v) is 4.08. The Labute approximate surface area is 154 Å². The van der Waals surface area contributed by atoms with Crippen LogP contribution in [-0.4, -0.2) is 38.7 Å². The first-order valence-electron chi connectivity index (χ1n) is 8.56. The van der Waals surface area contributed by atoms with E-state index in [1.165, 1.54) is 7.05 Å². The van der Waals surface area contributed by atoms with E-state index in [4.69, 9.17) is 4.74 Å². The SMILES string of the molecule is CCN(C(=O)[C@H](Cc1ccccc1)NC(=O)NC)c1ccc(OC)cc1. The van der Waals surface area contributed by atoms with Gasteiger partial charge in [0.25, 0.3) is 0 Å². The van der Waals surface area contributed by atoms with Crippen LogP contribution in [0.1, 0.15) is 12.5 Å². The van der Waals surface area contributed by atoms with E-state index in [0.717, 1.165) is 17.0 Å². The fourth-order valence-corrected chi connectivity index (χ4v) is 2.70. The number of ether oxygens (including phenoxy) is 1. The standard InChI is InChI=1S/C20H25N3O3/c1-4-23(16-10-12-17(26-3)13-11-16)19(24)18(22-20(25)21-2)14-15-8-6-5-7-9-15/h5-13,18H,4,14H2,1-3H3,(H2,21,22,25)/t18-/m0/s1. The number of benzene rings is 2. The predicted molar refractivity (Wildman–Crippen MR) is 103 cm³/mol. The number of carbonyl (C=O) groups excluding carboxylic acids is 2. The Bertz CT molecular complexity index is 717. The molecule has 6 heteroatoms. The average Bonchev–Trinajstić information content (AvgIpc) is 2.69. The van der Waals surface area contributed by atoms with E-state index in [0.29, 0.717) is 13.0 Å². The smallest absolute Gasteiger partial charge is 0.315 e. The number of rotatable bonds is 7.